The van der Waals surface area contributed by atoms with Crippen LogP contribution in [0.15, 0.2) is 23.3 Å². The van der Waals surface area contributed by atoms with E-state index >= 15 is 0 Å². The number of halogens is 1. The molecule has 0 aliphatic carbocycles. The van der Waals surface area contributed by atoms with Crippen molar-refractivity contribution in [3.63, 3.8) is 0 Å². The Kier molecular flexibility index (Phi) is 6.29. The highest BCUT2D eigenvalue weighted by atomic mass is 19.1. The SMILES string of the molecule is C=O.CNCC1CN(c2ccc(N3C=NN(C)CC3)c(F)c2)C(=O)O1. The molecule has 1 fully saturated rings. The molecule has 8 nitrogen and oxygen atoms in total. The molecule has 2 heterocycles. The van der Waals surface area contributed by atoms with Gasteiger partial charge in [-0.2, -0.15) is 5.10 Å². The number of hydrogen-bond acceptors (Lipinski definition) is 7. The lowest BCUT2D eigenvalue weighted by Crippen LogP contribution is -2.36. The molecule has 9 heteroatoms. The smallest absolute Gasteiger partial charge is 0.414 e. The Hall–Kier alpha value is -2.68. The number of amides is 1. The summed E-state index contributed by atoms with van der Waals surface area (Å²) in [5, 5.41) is 8.91. The van der Waals surface area contributed by atoms with Gasteiger partial charge in [0, 0.05) is 20.1 Å². The van der Waals surface area contributed by atoms with Crippen molar-refractivity contribution in [2.45, 2.75) is 6.10 Å². The van der Waals surface area contributed by atoms with Crippen molar-refractivity contribution in [3.05, 3.63) is 24.0 Å². The second-order valence-corrected chi connectivity index (χ2v) is 5.62. The van der Waals surface area contributed by atoms with Gasteiger partial charge < -0.3 is 19.7 Å². The van der Waals surface area contributed by atoms with Crippen LogP contribution < -0.4 is 15.1 Å². The van der Waals surface area contributed by atoms with E-state index in [1.54, 1.807) is 35.4 Å². The molecule has 0 saturated carbocycles. The van der Waals surface area contributed by atoms with Gasteiger partial charge in [0.2, 0.25) is 0 Å². The van der Waals surface area contributed by atoms with Gasteiger partial charge in [0.15, 0.2) is 0 Å². The second-order valence-electron chi connectivity index (χ2n) is 5.62. The van der Waals surface area contributed by atoms with Gasteiger partial charge in [0.1, 0.15) is 25.0 Å². The van der Waals surface area contributed by atoms with Crippen molar-refractivity contribution in [1.82, 2.24) is 10.3 Å². The molecule has 0 bridgehead atoms. The summed E-state index contributed by atoms with van der Waals surface area (Å²) in [7, 11) is 3.66. The minimum atomic E-state index is -0.446. The maximum atomic E-state index is 14.4. The third-order valence-electron chi connectivity index (χ3n) is 3.91. The average Bonchev–Trinajstić information content (AvgIpc) is 2.98. The Balaban J connectivity index is 0.00000109. The van der Waals surface area contributed by atoms with E-state index in [-0.39, 0.29) is 11.9 Å². The first-order valence-electron chi connectivity index (χ1n) is 7.81. The van der Waals surface area contributed by atoms with Crippen molar-refractivity contribution in [2.75, 3.05) is 50.1 Å². The molecular weight excluding hydrogens is 329 g/mol. The van der Waals surface area contributed by atoms with Crippen molar-refractivity contribution >= 4 is 30.6 Å². The maximum absolute atomic E-state index is 14.4. The van der Waals surface area contributed by atoms with Gasteiger partial charge in [0.25, 0.3) is 0 Å². The molecule has 0 spiro atoms. The van der Waals surface area contributed by atoms with Crippen molar-refractivity contribution < 1.29 is 18.7 Å². The number of anilines is 2. The number of nitrogens with zero attached hydrogens (tertiary/aromatic N) is 4. The number of ether oxygens (including phenoxy) is 1. The van der Waals surface area contributed by atoms with Crippen LogP contribution in [-0.4, -0.2) is 70.6 Å². The van der Waals surface area contributed by atoms with Gasteiger partial charge in [-0.25, -0.2) is 9.18 Å². The molecule has 0 aromatic heterocycles. The van der Waals surface area contributed by atoms with Crippen LogP contribution in [0.5, 0.6) is 0 Å². The summed E-state index contributed by atoms with van der Waals surface area (Å²) in [5.41, 5.74) is 0.950. The molecule has 1 amide bonds. The fourth-order valence-electron chi connectivity index (χ4n) is 2.66. The Morgan fingerprint density at radius 3 is 2.76 bits per heavy atom. The summed E-state index contributed by atoms with van der Waals surface area (Å²) < 4.78 is 19.7. The van der Waals surface area contributed by atoms with Crippen LogP contribution in [0.2, 0.25) is 0 Å². The number of cyclic esters (lactones) is 1. The molecule has 1 unspecified atom stereocenters. The van der Waals surface area contributed by atoms with Crippen LogP contribution in [0, 0.1) is 5.82 Å². The monoisotopic (exact) mass is 351 g/mol. The Morgan fingerprint density at radius 2 is 2.16 bits per heavy atom. The number of nitrogens with one attached hydrogen (secondary N) is 1. The average molecular weight is 351 g/mol. The first kappa shape index (κ1) is 18.7. The predicted molar refractivity (Wildman–Crippen MR) is 93.5 cm³/mol. The van der Waals surface area contributed by atoms with Gasteiger partial charge in [0.05, 0.1) is 24.5 Å². The van der Waals surface area contributed by atoms with Crippen LogP contribution in [0.25, 0.3) is 0 Å². The largest absolute Gasteiger partial charge is 0.443 e. The third-order valence-corrected chi connectivity index (χ3v) is 3.91. The van der Waals surface area contributed by atoms with E-state index in [1.807, 2.05) is 13.8 Å². The molecule has 1 aromatic carbocycles. The minimum Gasteiger partial charge on any atom is -0.443 e. The molecule has 1 N–H and O–H groups in total. The van der Waals surface area contributed by atoms with Gasteiger partial charge in [-0.05, 0) is 25.2 Å². The van der Waals surface area contributed by atoms with E-state index in [0.29, 0.717) is 31.0 Å². The highest BCUT2D eigenvalue weighted by molar-refractivity contribution is 5.90. The Bertz CT molecular complexity index is 642. The lowest BCUT2D eigenvalue weighted by molar-refractivity contribution is -0.0980. The molecule has 136 valence electrons. The van der Waals surface area contributed by atoms with Gasteiger partial charge >= 0.3 is 6.09 Å². The first-order chi connectivity index (χ1) is 12.1. The van der Waals surface area contributed by atoms with Crippen molar-refractivity contribution in [2.24, 2.45) is 5.10 Å². The second kappa shape index (κ2) is 8.43. The van der Waals surface area contributed by atoms with E-state index < -0.39 is 6.09 Å². The highest BCUT2D eigenvalue weighted by Gasteiger charge is 2.32. The summed E-state index contributed by atoms with van der Waals surface area (Å²) in [6.07, 6.45) is 0.938. The predicted octanol–water partition coefficient (Wildman–Crippen LogP) is 0.881. The first-order valence-corrected chi connectivity index (χ1v) is 7.81. The summed E-state index contributed by atoms with van der Waals surface area (Å²) in [5.74, 6) is -0.386. The molecule has 25 heavy (non-hydrogen) atoms. The zero-order chi connectivity index (χ0) is 18.4. The molecule has 1 saturated heterocycles. The number of benzene rings is 1. The van der Waals surface area contributed by atoms with Crippen molar-refractivity contribution in [3.8, 4) is 0 Å². The number of hydrogen-bond donors (Lipinski definition) is 1. The van der Waals surface area contributed by atoms with E-state index in [1.165, 1.54) is 11.0 Å². The topological polar surface area (TPSA) is 77.5 Å². The van der Waals surface area contributed by atoms with E-state index in [0.717, 1.165) is 6.54 Å². The summed E-state index contributed by atoms with van der Waals surface area (Å²) in [6.45, 7) is 4.36. The Labute approximate surface area is 145 Å². The zero-order valence-electron chi connectivity index (χ0n) is 14.3. The summed E-state index contributed by atoms with van der Waals surface area (Å²) in [6, 6.07) is 4.76. The van der Waals surface area contributed by atoms with Crippen LogP contribution in [-0.2, 0) is 9.53 Å². The van der Waals surface area contributed by atoms with E-state index in [2.05, 4.69) is 10.4 Å². The maximum Gasteiger partial charge on any atom is 0.414 e. The van der Waals surface area contributed by atoms with E-state index in [9.17, 15) is 9.18 Å². The van der Waals surface area contributed by atoms with Gasteiger partial charge in [-0.1, -0.05) is 0 Å². The molecule has 3 rings (SSSR count). The molecule has 1 atom stereocenters. The zero-order valence-corrected chi connectivity index (χ0v) is 14.3. The van der Waals surface area contributed by atoms with Crippen LogP contribution in [0.1, 0.15) is 0 Å². The lowest BCUT2D eigenvalue weighted by Gasteiger charge is -2.28. The lowest BCUT2D eigenvalue weighted by atomic mass is 10.2. The Morgan fingerprint density at radius 1 is 1.40 bits per heavy atom. The van der Waals surface area contributed by atoms with Crippen molar-refractivity contribution in [1.29, 1.82) is 0 Å². The number of likely N-dealkylation sites (N-methyl/N-ethyl adjacent to an activating group) is 2. The minimum absolute atomic E-state index is 0.222. The standard InChI is InChI=1S/C15H20FN5O2.CH2O/c1-17-8-12-9-21(15(22)23-12)11-3-4-14(13(16)7-11)20-6-5-19(2)18-10-20;1-2/h3-4,7,10,12,17H,5-6,8-9H2,1-2H3;1H2. The van der Waals surface area contributed by atoms with Crippen LogP contribution in [0.3, 0.4) is 0 Å². The van der Waals surface area contributed by atoms with Crippen LogP contribution >= 0.6 is 0 Å². The molecule has 1 aromatic rings. The number of rotatable bonds is 4. The summed E-state index contributed by atoms with van der Waals surface area (Å²) >= 11 is 0. The molecule has 0 radical (unpaired) electrons. The van der Waals surface area contributed by atoms with Gasteiger partial charge in [-0.3, -0.25) is 9.91 Å². The number of carbonyl (C=O) groups is 2. The normalized spacial score (nSPS) is 19.6. The van der Waals surface area contributed by atoms with Crippen LogP contribution in [0.4, 0.5) is 20.6 Å². The molecular formula is C16H22FN5O3. The molecule has 2 aliphatic rings. The van der Waals surface area contributed by atoms with E-state index in [4.69, 9.17) is 9.53 Å². The fraction of sp³-hybridized carbons (Fsp3) is 0.438. The number of carbonyl (C=O) groups excluding carboxylic acids is 2. The highest BCUT2D eigenvalue weighted by Crippen LogP contribution is 2.27. The summed E-state index contributed by atoms with van der Waals surface area (Å²) in [4.78, 5) is 23.1. The quantitative estimate of drug-likeness (QED) is 0.868. The molecule has 2 aliphatic heterocycles. The fourth-order valence-corrected chi connectivity index (χ4v) is 2.66. The number of hydrazone groups is 1. The van der Waals surface area contributed by atoms with Gasteiger partial charge in [-0.15, -0.1) is 0 Å². The third kappa shape index (κ3) is 4.24.